The molecular formula is C22H28Cl2OSiZr. The van der Waals surface area contributed by atoms with Crippen LogP contribution in [0.1, 0.15) is 47.0 Å². The predicted molar refractivity (Wildman–Crippen MR) is 107 cm³/mol. The molecule has 0 aromatic heterocycles. The van der Waals surface area contributed by atoms with Gasteiger partial charge in [0.1, 0.15) is 0 Å². The Morgan fingerprint density at radius 3 is 2.30 bits per heavy atom. The zero-order chi connectivity index (χ0) is 17.8. The minimum absolute atomic E-state index is 0. The number of rotatable bonds is 7. The van der Waals surface area contributed by atoms with Crippen LogP contribution < -0.4 is 24.8 Å². The van der Waals surface area contributed by atoms with E-state index in [0.717, 1.165) is 6.42 Å². The SMILES string of the molecule is CCCc1ccc(-c2cccc3c2C=C(CC)[CH]3[Zr+2][O][SiH](C)C)cc1.[Cl-].[Cl-]. The summed E-state index contributed by atoms with van der Waals surface area (Å²) >= 11 is -0.853. The van der Waals surface area contributed by atoms with Crippen LogP contribution in [0.5, 0.6) is 0 Å². The van der Waals surface area contributed by atoms with Crippen LogP contribution in [-0.4, -0.2) is 9.04 Å². The molecule has 2 aromatic carbocycles. The van der Waals surface area contributed by atoms with Crippen molar-refractivity contribution in [3.63, 3.8) is 0 Å². The van der Waals surface area contributed by atoms with Gasteiger partial charge in [-0.1, -0.05) is 0 Å². The van der Waals surface area contributed by atoms with Gasteiger partial charge in [0.05, 0.1) is 0 Å². The first-order valence-electron chi connectivity index (χ1n) is 9.47. The number of hydrogen-bond acceptors (Lipinski definition) is 1. The van der Waals surface area contributed by atoms with Gasteiger partial charge in [-0.15, -0.1) is 0 Å². The second kappa shape index (κ2) is 11.7. The summed E-state index contributed by atoms with van der Waals surface area (Å²) < 4.78 is 6.88. The van der Waals surface area contributed by atoms with Gasteiger partial charge in [-0.25, -0.2) is 0 Å². The van der Waals surface area contributed by atoms with Gasteiger partial charge < -0.3 is 24.8 Å². The summed E-state index contributed by atoms with van der Waals surface area (Å²) in [6.45, 7) is 9.11. The van der Waals surface area contributed by atoms with E-state index in [1.165, 1.54) is 40.7 Å². The second-order valence-corrected chi connectivity index (χ2v) is 13.1. The third-order valence-electron chi connectivity index (χ3n) is 4.78. The first kappa shape index (κ1) is 24.9. The van der Waals surface area contributed by atoms with Gasteiger partial charge in [-0.2, -0.15) is 0 Å². The molecule has 144 valence electrons. The summed E-state index contributed by atoms with van der Waals surface area (Å²) in [5.41, 5.74) is 8.72. The van der Waals surface area contributed by atoms with E-state index in [0.29, 0.717) is 3.63 Å². The summed E-state index contributed by atoms with van der Waals surface area (Å²) in [4.78, 5) is 0. The average Bonchev–Trinajstić information content (AvgIpc) is 2.98. The molecule has 1 nitrogen and oxygen atoms in total. The minimum Gasteiger partial charge on any atom is -1.00 e. The van der Waals surface area contributed by atoms with Crippen molar-refractivity contribution in [2.24, 2.45) is 0 Å². The number of benzene rings is 2. The molecule has 0 fully saturated rings. The van der Waals surface area contributed by atoms with Crippen molar-refractivity contribution in [3.05, 3.63) is 64.7 Å². The maximum absolute atomic E-state index is 6.27. The van der Waals surface area contributed by atoms with Gasteiger partial charge in [0.25, 0.3) is 0 Å². The molecule has 0 saturated heterocycles. The molecule has 27 heavy (non-hydrogen) atoms. The zero-order valence-corrected chi connectivity index (χ0v) is 21.7. The molecule has 0 spiro atoms. The molecule has 1 atom stereocenters. The summed E-state index contributed by atoms with van der Waals surface area (Å²) in [5, 5.41) is 0. The fourth-order valence-electron chi connectivity index (χ4n) is 3.51. The fourth-order valence-corrected chi connectivity index (χ4v) is 8.93. The maximum atomic E-state index is 6.27. The van der Waals surface area contributed by atoms with Crippen molar-refractivity contribution < 1.29 is 51.0 Å². The van der Waals surface area contributed by atoms with E-state index in [4.69, 9.17) is 2.50 Å². The van der Waals surface area contributed by atoms with Crippen LogP contribution >= 0.6 is 0 Å². The average molecular weight is 499 g/mol. The zero-order valence-electron chi connectivity index (χ0n) is 16.6. The largest absolute Gasteiger partial charge is 1.00 e. The van der Waals surface area contributed by atoms with E-state index >= 15 is 0 Å². The van der Waals surface area contributed by atoms with Gasteiger partial charge in [0.2, 0.25) is 0 Å². The quantitative estimate of drug-likeness (QED) is 0.495. The normalized spacial score (nSPS) is 14.7. The Balaban J connectivity index is 0.00000182. The molecule has 0 N–H and O–H groups in total. The molecule has 0 saturated carbocycles. The maximum Gasteiger partial charge on any atom is -1.00 e. The summed E-state index contributed by atoms with van der Waals surface area (Å²) in [6, 6.07) is 16.0. The molecule has 0 aliphatic heterocycles. The summed E-state index contributed by atoms with van der Waals surface area (Å²) in [7, 11) is -0.916. The molecule has 0 bridgehead atoms. The third kappa shape index (κ3) is 5.90. The monoisotopic (exact) mass is 496 g/mol. The first-order chi connectivity index (χ1) is 12.1. The van der Waals surface area contributed by atoms with Crippen LogP contribution in [0.15, 0.2) is 48.0 Å². The van der Waals surface area contributed by atoms with Gasteiger partial charge in [-0.05, 0) is 0 Å². The number of allylic oxidation sites excluding steroid dienone is 1. The molecule has 1 aliphatic carbocycles. The fraction of sp³-hybridized carbons (Fsp3) is 0.364. The standard InChI is InChI=1S/C20H21.C2H7OSi.2ClH.Zr/c1-3-6-16-9-11-17(12-10-16)19-8-5-7-18-13-15(4-2)14-20(18)19;1-4(2)3;;;/h5,7-14H,3-4,6H2,1-2H3;4H,1-2H3;2*1H;/q;-1;;;+3/p-2. The molecule has 5 heteroatoms. The smallest absolute Gasteiger partial charge is 1.00 e. The van der Waals surface area contributed by atoms with Crippen LogP contribution in [0, 0.1) is 0 Å². The van der Waals surface area contributed by atoms with Crippen molar-refractivity contribution in [3.8, 4) is 11.1 Å². The minimum atomic E-state index is -0.916. The van der Waals surface area contributed by atoms with Gasteiger partial charge in [-0.3, -0.25) is 0 Å². The van der Waals surface area contributed by atoms with Crippen LogP contribution in [0.3, 0.4) is 0 Å². The van der Waals surface area contributed by atoms with Crippen LogP contribution in [0.2, 0.25) is 13.1 Å². The molecule has 0 heterocycles. The molecule has 3 rings (SSSR count). The topological polar surface area (TPSA) is 9.23 Å². The first-order valence-corrected chi connectivity index (χ1v) is 14.7. The van der Waals surface area contributed by atoms with Gasteiger partial charge in [0.15, 0.2) is 0 Å². The van der Waals surface area contributed by atoms with Crippen LogP contribution in [0.4, 0.5) is 0 Å². The molecule has 0 radical (unpaired) electrons. The van der Waals surface area contributed by atoms with Crippen molar-refractivity contribution >= 4 is 15.1 Å². The predicted octanol–water partition coefficient (Wildman–Crippen LogP) is 0.160. The molecule has 0 amide bonds. The Morgan fingerprint density at radius 2 is 1.70 bits per heavy atom. The number of aryl methyl sites for hydroxylation is 1. The number of fused-ring (bicyclic) bond motifs is 1. The molecule has 2 aromatic rings. The Morgan fingerprint density at radius 1 is 1.00 bits per heavy atom. The molecule has 1 unspecified atom stereocenters. The third-order valence-corrected chi connectivity index (χ3v) is 12.1. The Hall–Kier alpha value is -0.180. The van der Waals surface area contributed by atoms with Gasteiger partial charge in [0, 0.05) is 0 Å². The second-order valence-electron chi connectivity index (χ2n) is 7.05. The van der Waals surface area contributed by atoms with E-state index in [9.17, 15) is 0 Å². The Bertz CT molecular complexity index is 759. The summed E-state index contributed by atoms with van der Waals surface area (Å²) in [5.74, 6) is 0. The van der Waals surface area contributed by atoms with E-state index in [-0.39, 0.29) is 24.8 Å². The Kier molecular flexibility index (Phi) is 10.8. The summed E-state index contributed by atoms with van der Waals surface area (Å²) in [6.07, 6.45) is 5.97. The van der Waals surface area contributed by atoms with E-state index in [1.807, 2.05) is 0 Å². The molecular weight excluding hydrogens is 470 g/mol. The van der Waals surface area contributed by atoms with Crippen molar-refractivity contribution in [1.29, 1.82) is 0 Å². The van der Waals surface area contributed by atoms with Crippen molar-refractivity contribution in [1.82, 2.24) is 0 Å². The van der Waals surface area contributed by atoms with Crippen LogP contribution in [0.25, 0.3) is 17.2 Å². The number of halogens is 2. The van der Waals surface area contributed by atoms with E-state index < -0.39 is 32.7 Å². The number of hydrogen-bond donors (Lipinski definition) is 0. The van der Waals surface area contributed by atoms with Crippen molar-refractivity contribution in [2.75, 3.05) is 0 Å². The van der Waals surface area contributed by atoms with Gasteiger partial charge >= 0.3 is 167 Å². The molecule has 1 aliphatic rings. The van der Waals surface area contributed by atoms with E-state index in [1.54, 1.807) is 5.57 Å². The van der Waals surface area contributed by atoms with Crippen molar-refractivity contribution in [2.45, 2.75) is 49.8 Å². The van der Waals surface area contributed by atoms with Crippen LogP contribution in [-0.2, 0) is 32.6 Å². The van der Waals surface area contributed by atoms with E-state index in [2.05, 4.69) is 75.5 Å². The Labute approximate surface area is 190 Å².